The molecule has 0 aliphatic rings. The first-order valence-electron chi connectivity index (χ1n) is 8.24. The summed E-state index contributed by atoms with van der Waals surface area (Å²) in [5, 5.41) is 23.5. The SMILES string of the molecule is O=C(NCCNC(=O)c1nc(Cn2cc(Br)cn2)no1)c1ccc([N+](=O)[O-])cc1. The molecule has 0 unspecified atom stereocenters. The first kappa shape index (κ1) is 20.1. The Bertz CT molecular complexity index is 1030. The number of hydrogen-bond acceptors (Lipinski definition) is 8. The zero-order chi connectivity index (χ0) is 20.8. The van der Waals surface area contributed by atoms with Crippen LogP contribution in [0, 0.1) is 10.1 Å². The van der Waals surface area contributed by atoms with Crippen LogP contribution in [-0.2, 0) is 6.54 Å². The Balaban J connectivity index is 1.42. The quantitative estimate of drug-likeness (QED) is 0.285. The molecule has 0 saturated heterocycles. The van der Waals surface area contributed by atoms with Crippen LogP contribution in [0.4, 0.5) is 5.69 Å². The van der Waals surface area contributed by atoms with Gasteiger partial charge in [-0.2, -0.15) is 10.1 Å². The molecule has 29 heavy (non-hydrogen) atoms. The minimum absolute atomic E-state index is 0.104. The van der Waals surface area contributed by atoms with E-state index in [1.807, 2.05) is 0 Å². The van der Waals surface area contributed by atoms with Gasteiger partial charge in [-0.25, -0.2) is 0 Å². The second-order valence-corrected chi connectivity index (χ2v) is 6.60. The van der Waals surface area contributed by atoms with E-state index < -0.39 is 16.7 Å². The van der Waals surface area contributed by atoms with Gasteiger partial charge in [0.15, 0.2) is 5.82 Å². The monoisotopic (exact) mass is 463 g/mol. The van der Waals surface area contributed by atoms with Crippen molar-refractivity contribution in [3.8, 4) is 0 Å². The molecule has 2 aromatic heterocycles. The third-order valence-corrected chi connectivity index (χ3v) is 4.01. The van der Waals surface area contributed by atoms with E-state index in [1.54, 1.807) is 17.1 Å². The summed E-state index contributed by atoms with van der Waals surface area (Å²) in [6, 6.07) is 5.19. The van der Waals surface area contributed by atoms with Gasteiger partial charge < -0.3 is 15.2 Å². The van der Waals surface area contributed by atoms with Crippen LogP contribution >= 0.6 is 15.9 Å². The summed E-state index contributed by atoms with van der Waals surface area (Å²) in [6.07, 6.45) is 3.34. The fourth-order valence-electron chi connectivity index (χ4n) is 2.24. The minimum Gasteiger partial charge on any atom is -0.350 e. The van der Waals surface area contributed by atoms with E-state index in [-0.39, 0.29) is 42.6 Å². The summed E-state index contributed by atoms with van der Waals surface area (Å²) in [7, 11) is 0. The number of benzene rings is 1. The molecule has 0 radical (unpaired) electrons. The number of carbonyl (C=O) groups excluding carboxylic acids is 2. The van der Waals surface area contributed by atoms with Gasteiger partial charge in [0.1, 0.15) is 6.54 Å². The van der Waals surface area contributed by atoms with Gasteiger partial charge in [-0.15, -0.1) is 0 Å². The summed E-state index contributed by atoms with van der Waals surface area (Å²) in [6.45, 7) is 0.513. The van der Waals surface area contributed by atoms with Gasteiger partial charge in [-0.3, -0.25) is 24.4 Å². The average Bonchev–Trinajstić information content (AvgIpc) is 3.34. The second kappa shape index (κ2) is 9.05. The van der Waals surface area contributed by atoms with Crippen molar-refractivity contribution in [1.82, 2.24) is 30.6 Å². The third-order valence-electron chi connectivity index (χ3n) is 3.60. The summed E-state index contributed by atoms with van der Waals surface area (Å²) in [5.74, 6) is -0.903. The summed E-state index contributed by atoms with van der Waals surface area (Å²) in [4.78, 5) is 38.0. The molecule has 0 spiro atoms. The normalized spacial score (nSPS) is 10.5. The minimum atomic E-state index is -0.574. The fourth-order valence-corrected chi connectivity index (χ4v) is 2.57. The van der Waals surface area contributed by atoms with Crippen molar-refractivity contribution in [3.63, 3.8) is 0 Å². The molecule has 0 atom stereocenters. The molecule has 0 aliphatic heterocycles. The van der Waals surface area contributed by atoms with E-state index in [9.17, 15) is 19.7 Å². The zero-order valence-electron chi connectivity index (χ0n) is 14.7. The maximum Gasteiger partial charge on any atom is 0.316 e. The van der Waals surface area contributed by atoms with Gasteiger partial charge in [0.25, 0.3) is 11.6 Å². The third kappa shape index (κ3) is 5.44. The molecule has 3 rings (SSSR count). The van der Waals surface area contributed by atoms with E-state index in [2.05, 4.69) is 41.8 Å². The molecule has 0 bridgehead atoms. The Kier molecular flexibility index (Phi) is 6.29. The predicted octanol–water partition coefficient (Wildman–Crippen LogP) is 1.14. The highest BCUT2D eigenvalue weighted by atomic mass is 79.9. The number of amides is 2. The van der Waals surface area contributed by atoms with E-state index in [0.717, 1.165) is 4.47 Å². The Morgan fingerprint density at radius 3 is 2.48 bits per heavy atom. The number of nitro groups is 1. The van der Waals surface area contributed by atoms with Crippen molar-refractivity contribution >= 4 is 33.4 Å². The first-order valence-corrected chi connectivity index (χ1v) is 9.03. The Hall–Kier alpha value is -3.61. The lowest BCUT2D eigenvalue weighted by Crippen LogP contribution is -2.34. The lowest BCUT2D eigenvalue weighted by atomic mass is 10.2. The van der Waals surface area contributed by atoms with Crippen LogP contribution in [0.25, 0.3) is 0 Å². The molecule has 12 nitrogen and oxygen atoms in total. The van der Waals surface area contributed by atoms with Gasteiger partial charge in [0.2, 0.25) is 0 Å². The number of carbonyl (C=O) groups is 2. The maximum absolute atomic E-state index is 12.0. The van der Waals surface area contributed by atoms with Crippen LogP contribution in [0.5, 0.6) is 0 Å². The number of nitrogens with zero attached hydrogens (tertiary/aromatic N) is 5. The Morgan fingerprint density at radius 2 is 1.86 bits per heavy atom. The largest absolute Gasteiger partial charge is 0.350 e. The molecule has 2 amide bonds. The van der Waals surface area contributed by atoms with Gasteiger partial charge in [0.05, 0.1) is 15.6 Å². The molecular weight excluding hydrogens is 450 g/mol. The molecule has 13 heteroatoms. The van der Waals surface area contributed by atoms with Crippen molar-refractivity contribution in [2.75, 3.05) is 13.1 Å². The lowest BCUT2D eigenvalue weighted by molar-refractivity contribution is -0.384. The van der Waals surface area contributed by atoms with Crippen molar-refractivity contribution in [2.45, 2.75) is 6.54 Å². The molecule has 2 heterocycles. The van der Waals surface area contributed by atoms with E-state index in [0.29, 0.717) is 0 Å². The van der Waals surface area contributed by atoms with Crippen LogP contribution in [0.15, 0.2) is 45.7 Å². The standard InChI is InChI=1S/C16H14BrN7O5/c17-11-7-20-23(8-11)9-13-21-16(29-22-13)15(26)19-6-5-18-14(25)10-1-3-12(4-2-10)24(27)28/h1-4,7-8H,5-6,9H2,(H,18,25)(H,19,26). The predicted molar refractivity (Wildman–Crippen MR) is 101 cm³/mol. The average molecular weight is 464 g/mol. The topological polar surface area (TPSA) is 158 Å². The summed E-state index contributed by atoms with van der Waals surface area (Å²) in [5.41, 5.74) is 0.168. The maximum atomic E-state index is 12.0. The number of halogens is 1. The molecule has 2 N–H and O–H groups in total. The smallest absolute Gasteiger partial charge is 0.316 e. The number of rotatable bonds is 8. The van der Waals surface area contributed by atoms with Crippen LogP contribution in [-0.4, -0.2) is 49.7 Å². The molecule has 0 fully saturated rings. The van der Waals surface area contributed by atoms with Crippen LogP contribution in [0.3, 0.4) is 0 Å². The van der Waals surface area contributed by atoms with Gasteiger partial charge >= 0.3 is 11.8 Å². The second-order valence-electron chi connectivity index (χ2n) is 5.69. The number of hydrogen-bond donors (Lipinski definition) is 2. The van der Waals surface area contributed by atoms with Crippen molar-refractivity contribution in [1.29, 1.82) is 0 Å². The van der Waals surface area contributed by atoms with Crippen molar-refractivity contribution in [3.05, 3.63) is 68.5 Å². The van der Waals surface area contributed by atoms with Gasteiger partial charge in [-0.05, 0) is 28.1 Å². The molecule has 1 aromatic carbocycles. The highest BCUT2D eigenvalue weighted by molar-refractivity contribution is 9.10. The highest BCUT2D eigenvalue weighted by Gasteiger charge is 2.15. The highest BCUT2D eigenvalue weighted by Crippen LogP contribution is 2.11. The Labute approximate surface area is 171 Å². The van der Waals surface area contributed by atoms with Gasteiger partial charge in [0, 0.05) is 37.0 Å². The number of nitrogens with one attached hydrogen (secondary N) is 2. The molecular formula is C16H14BrN7O5. The number of nitro benzene ring substituents is 1. The number of non-ortho nitro benzene ring substituents is 1. The molecule has 0 aliphatic carbocycles. The molecule has 0 saturated carbocycles. The summed E-state index contributed by atoms with van der Waals surface area (Å²) >= 11 is 3.27. The van der Waals surface area contributed by atoms with E-state index >= 15 is 0 Å². The van der Waals surface area contributed by atoms with E-state index in [4.69, 9.17) is 4.52 Å². The first-order chi connectivity index (χ1) is 13.9. The van der Waals surface area contributed by atoms with E-state index in [1.165, 1.54) is 24.3 Å². The summed E-state index contributed by atoms with van der Waals surface area (Å²) < 4.78 is 7.29. The number of aromatic nitrogens is 4. The van der Waals surface area contributed by atoms with Crippen molar-refractivity contribution in [2.24, 2.45) is 0 Å². The van der Waals surface area contributed by atoms with Crippen LogP contribution < -0.4 is 10.6 Å². The zero-order valence-corrected chi connectivity index (χ0v) is 16.3. The Morgan fingerprint density at radius 1 is 1.17 bits per heavy atom. The van der Waals surface area contributed by atoms with Crippen molar-refractivity contribution < 1.29 is 19.0 Å². The van der Waals surface area contributed by atoms with Crippen LogP contribution in [0.2, 0.25) is 0 Å². The van der Waals surface area contributed by atoms with Crippen LogP contribution in [0.1, 0.15) is 26.9 Å². The molecule has 150 valence electrons. The lowest BCUT2D eigenvalue weighted by Gasteiger charge is -2.05. The fraction of sp³-hybridized carbons (Fsp3) is 0.188. The molecule has 3 aromatic rings. The van der Waals surface area contributed by atoms with Gasteiger partial charge in [-0.1, -0.05) is 5.16 Å².